The standard InChI is InChI=1S/C32H30B4/c1-7-17-18(8-2)20(10-4)22-12-26-25(11-21(22)19(17)9-3)31(35)27-13-23-24(14-28(27)32(26)36)30(34)16(6)15(5)29(23)33/h11-14H,7-10H2,1-6H3. The number of benzene rings is 5. The highest BCUT2D eigenvalue weighted by Gasteiger charge is 2.19. The van der Waals surface area contributed by atoms with Crippen LogP contribution in [-0.4, -0.2) is 31.4 Å². The highest BCUT2D eigenvalue weighted by molar-refractivity contribution is 6.55. The first-order chi connectivity index (χ1) is 17.2. The van der Waals surface area contributed by atoms with E-state index in [4.69, 9.17) is 31.4 Å². The first kappa shape index (κ1) is 25.1. The molecule has 170 valence electrons. The Balaban J connectivity index is 2.02. The van der Waals surface area contributed by atoms with E-state index in [0.717, 1.165) is 91.0 Å². The lowest BCUT2D eigenvalue weighted by Crippen LogP contribution is -2.23. The first-order valence-corrected chi connectivity index (χ1v) is 13.2. The Kier molecular flexibility index (Phi) is 6.30. The third-order valence-electron chi connectivity index (χ3n) is 8.58. The monoisotopic (exact) mass is 458 g/mol. The molecule has 0 aliphatic carbocycles. The molecular formula is C32H30B4. The van der Waals surface area contributed by atoms with Crippen LogP contribution in [0.1, 0.15) is 61.1 Å². The number of rotatable bonds is 4. The number of aryl methyl sites for hydroxylation is 2. The van der Waals surface area contributed by atoms with E-state index < -0.39 is 0 Å². The minimum Gasteiger partial charge on any atom is -0.0859 e. The Labute approximate surface area is 220 Å². The summed E-state index contributed by atoms with van der Waals surface area (Å²) in [6, 6.07) is 8.73. The molecule has 0 atom stereocenters. The summed E-state index contributed by atoms with van der Waals surface area (Å²) in [5, 5.41) is 8.33. The van der Waals surface area contributed by atoms with E-state index in [-0.39, 0.29) is 0 Å². The van der Waals surface area contributed by atoms with Gasteiger partial charge in [0.25, 0.3) is 0 Å². The minimum absolute atomic E-state index is 0.743. The molecule has 0 unspecified atom stereocenters. The van der Waals surface area contributed by atoms with Crippen molar-refractivity contribution in [1.82, 2.24) is 0 Å². The molecule has 0 saturated carbocycles. The molecule has 0 fully saturated rings. The highest BCUT2D eigenvalue weighted by atomic mass is 14.2. The van der Waals surface area contributed by atoms with Crippen molar-refractivity contribution in [1.29, 1.82) is 0 Å². The molecule has 36 heavy (non-hydrogen) atoms. The summed E-state index contributed by atoms with van der Waals surface area (Å²) in [7, 11) is 27.0. The van der Waals surface area contributed by atoms with E-state index in [0.29, 0.717) is 0 Å². The molecule has 0 amide bonds. The average molecular weight is 458 g/mol. The van der Waals surface area contributed by atoms with Crippen LogP contribution in [0.3, 0.4) is 0 Å². The maximum Gasteiger partial charge on any atom is 0.115 e. The molecule has 0 heterocycles. The van der Waals surface area contributed by atoms with Gasteiger partial charge in [0.05, 0.1) is 0 Å². The predicted molar refractivity (Wildman–Crippen MR) is 165 cm³/mol. The van der Waals surface area contributed by atoms with Crippen LogP contribution in [0.4, 0.5) is 0 Å². The van der Waals surface area contributed by atoms with Crippen molar-refractivity contribution in [2.45, 2.75) is 67.2 Å². The van der Waals surface area contributed by atoms with Gasteiger partial charge in [0.2, 0.25) is 0 Å². The van der Waals surface area contributed by atoms with Crippen molar-refractivity contribution in [3.8, 4) is 0 Å². The van der Waals surface area contributed by atoms with Gasteiger partial charge >= 0.3 is 0 Å². The smallest absolute Gasteiger partial charge is 0.0859 e. The molecular weight excluding hydrogens is 428 g/mol. The summed E-state index contributed by atoms with van der Waals surface area (Å²) in [6.07, 6.45) is 4.05. The maximum atomic E-state index is 6.92. The van der Waals surface area contributed by atoms with Gasteiger partial charge < -0.3 is 0 Å². The molecule has 4 heteroatoms. The zero-order chi connectivity index (χ0) is 26.0. The topological polar surface area (TPSA) is 0 Å². The van der Waals surface area contributed by atoms with Gasteiger partial charge in [0.15, 0.2) is 0 Å². The normalized spacial score (nSPS) is 11.9. The van der Waals surface area contributed by atoms with Crippen LogP contribution >= 0.6 is 0 Å². The number of hydrogen-bond acceptors (Lipinski definition) is 0. The SMILES string of the molecule is [B]c1c(C)c(C)c([B])c2cc3c([B])c4cc5c(CC)c(CC)c(CC)c(CC)c5cc4c([B])c3cc12. The molecule has 8 radical (unpaired) electrons. The highest BCUT2D eigenvalue weighted by Crippen LogP contribution is 2.35. The van der Waals surface area contributed by atoms with Gasteiger partial charge in [-0.25, -0.2) is 0 Å². The van der Waals surface area contributed by atoms with Gasteiger partial charge in [-0.05, 0) is 129 Å². The zero-order valence-electron chi connectivity index (χ0n) is 22.4. The van der Waals surface area contributed by atoms with Crippen molar-refractivity contribution >= 4 is 96.3 Å². The van der Waals surface area contributed by atoms with Gasteiger partial charge in [-0.15, -0.1) is 0 Å². The van der Waals surface area contributed by atoms with E-state index in [1.54, 1.807) is 0 Å². The average Bonchev–Trinajstić information content (AvgIpc) is 2.90. The van der Waals surface area contributed by atoms with Crippen molar-refractivity contribution in [3.05, 3.63) is 57.6 Å². The van der Waals surface area contributed by atoms with E-state index >= 15 is 0 Å². The van der Waals surface area contributed by atoms with Crippen molar-refractivity contribution in [2.75, 3.05) is 0 Å². The van der Waals surface area contributed by atoms with E-state index in [2.05, 4.69) is 52.0 Å². The fourth-order valence-electron chi connectivity index (χ4n) is 6.48. The minimum atomic E-state index is 0.743. The van der Waals surface area contributed by atoms with E-state index in [9.17, 15) is 0 Å². The third-order valence-corrected chi connectivity index (χ3v) is 8.58. The van der Waals surface area contributed by atoms with Crippen LogP contribution in [-0.2, 0) is 25.7 Å². The molecule has 0 saturated heterocycles. The van der Waals surface area contributed by atoms with Gasteiger partial charge in [-0.3, -0.25) is 0 Å². The Morgan fingerprint density at radius 1 is 0.389 bits per heavy atom. The zero-order valence-corrected chi connectivity index (χ0v) is 22.4. The molecule has 0 nitrogen and oxygen atoms in total. The molecule has 0 spiro atoms. The quantitative estimate of drug-likeness (QED) is 0.278. The van der Waals surface area contributed by atoms with E-state index in [1.165, 1.54) is 33.0 Å². The summed E-state index contributed by atoms with van der Waals surface area (Å²) in [5.74, 6) is 0. The predicted octanol–water partition coefficient (Wildman–Crippen LogP) is 4.34. The Bertz CT molecular complexity index is 1600. The van der Waals surface area contributed by atoms with Gasteiger partial charge in [0.1, 0.15) is 31.4 Å². The Morgan fingerprint density at radius 2 is 0.639 bits per heavy atom. The summed E-state index contributed by atoms with van der Waals surface area (Å²) in [6.45, 7) is 13.1. The summed E-state index contributed by atoms with van der Waals surface area (Å²) >= 11 is 0. The third kappa shape index (κ3) is 3.33. The molecule has 0 aliphatic heterocycles. The largest absolute Gasteiger partial charge is 0.115 e. The van der Waals surface area contributed by atoms with Crippen LogP contribution < -0.4 is 21.9 Å². The molecule has 0 bridgehead atoms. The second-order valence-electron chi connectivity index (χ2n) is 10.1. The molecule has 0 N–H and O–H groups in total. The van der Waals surface area contributed by atoms with Crippen LogP contribution in [0.5, 0.6) is 0 Å². The van der Waals surface area contributed by atoms with Crippen LogP contribution in [0, 0.1) is 13.8 Å². The van der Waals surface area contributed by atoms with Crippen molar-refractivity contribution in [2.24, 2.45) is 0 Å². The lowest BCUT2D eigenvalue weighted by molar-refractivity contribution is 0.961. The fourth-order valence-corrected chi connectivity index (χ4v) is 6.48. The Hall–Kier alpha value is -2.60. The van der Waals surface area contributed by atoms with Crippen molar-refractivity contribution in [3.63, 3.8) is 0 Å². The summed E-state index contributed by atoms with van der Waals surface area (Å²) in [5.41, 5.74) is 10.9. The molecule has 5 rings (SSSR count). The lowest BCUT2D eigenvalue weighted by atomic mass is 9.72. The second kappa shape index (κ2) is 9.05. The molecule has 0 aromatic heterocycles. The van der Waals surface area contributed by atoms with Gasteiger partial charge in [-0.1, -0.05) is 60.7 Å². The van der Waals surface area contributed by atoms with Gasteiger partial charge in [-0.2, -0.15) is 0 Å². The summed E-state index contributed by atoms with van der Waals surface area (Å²) < 4.78 is 0. The first-order valence-electron chi connectivity index (χ1n) is 13.2. The lowest BCUT2D eigenvalue weighted by Gasteiger charge is -2.23. The summed E-state index contributed by atoms with van der Waals surface area (Å²) in [4.78, 5) is 0. The molecule has 0 aliphatic rings. The van der Waals surface area contributed by atoms with Crippen molar-refractivity contribution < 1.29 is 0 Å². The maximum absolute atomic E-state index is 6.92. The van der Waals surface area contributed by atoms with E-state index in [1.807, 2.05) is 13.8 Å². The number of fused-ring (bicyclic) bond motifs is 4. The number of hydrogen-bond donors (Lipinski definition) is 0. The molecule has 5 aromatic carbocycles. The Morgan fingerprint density at radius 3 is 0.917 bits per heavy atom. The fraction of sp³-hybridized carbons (Fsp3) is 0.312. The van der Waals surface area contributed by atoms with Crippen LogP contribution in [0.25, 0.3) is 43.1 Å². The van der Waals surface area contributed by atoms with Crippen LogP contribution in [0.15, 0.2) is 24.3 Å². The molecule has 5 aromatic rings. The van der Waals surface area contributed by atoms with Crippen LogP contribution in [0.2, 0.25) is 0 Å². The second-order valence-corrected chi connectivity index (χ2v) is 10.1. The van der Waals surface area contributed by atoms with Gasteiger partial charge in [0, 0.05) is 0 Å².